The van der Waals surface area contributed by atoms with Crippen molar-refractivity contribution in [3.8, 4) is 5.69 Å². The fourth-order valence-corrected chi connectivity index (χ4v) is 2.21. The van der Waals surface area contributed by atoms with Crippen LogP contribution in [0.2, 0.25) is 0 Å². The quantitative estimate of drug-likeness (QED) is 0.796. The van der Waals surface area contributed by atoms with E-state index in [1.54, 1.807) is 7.11 Å². The van der Waals surface area contributed by atoms with Gasteiger partial charge in [0.1, 0.15) is 0 Å². The van der Waals surface area contributed by atoms with Gasteiger partial charge in [0.15, 0.2) is 0 Å². The van der Waals surface area contributed by atoms with Gasteiger partial charge in [0, 0.05) is 26.4 Å². The smallest absolute Gasteiger partial charge is 0.0654 e. The molecule has 1 N–H and O–H groups in total. The number of benzene rings is 1. The number of nitrogens with zero attached hydrogens (tertiary/aromatic N) is 2. The van der Waals surface area contributed by atoms with Crippen LogP contribution in [0, 0.1) is 6.92 Å². The fraction of sp³-hybridized carbons (Fsp3) is 0.471. The number of nitrogens with one attached hydrogen (secondary N) is 1. The minimum Gasteiger partial charge on any atom is -0.383 e. The average Bonchev–Trinajstić information content (AvgIpc) is 2.95. The molecule has 0 spiro atoms. The normalized spacial score (nSPS) is 11.3. The zero-order valence-electron chi connectivity index (χ0n) is 13.4. The summed E-state index contributed by atoms with van der Waals surface area (Å²) in [6.07, 6.45) is 2.03. The van der Waals surface area contributed by atoms with Crippen molar-refractivity contribution < 1.29 is 4.74 Å². The molecule has 0 atom stereocenters. The van der Waals surface area contributed by atoms with E-state index in [1.807, 2.05) is 10.9 Å². The Bertz CT molecular complexity index is 575. The van der Waals surface area contributed by atoms with Crippen LogP contribution < -0.4 is 5.32 Å². The summed E-state index contributed by atoms with van der Waals surface area (Å²) in [5, 5.41) is 8.00. The van der Waals surface area contributed by atoms with Gasteiger partial charge in [0.05, 0.1) is 18.0 Å². The van der Waals surface area contributed by atoms with Crippen LogP contribution in [-0.2, 0) is 11.3 Å². The largest absolute Gasteiger partial charge is 0.383 e. The number of ether oxygens (including phenoxy) is 1. The number of hydrogen-bond acceptors (Lipinski definition) is 3. The zero-order chi connectivity index (χ0) is 15.2. The van der Waals surface area contributed by atoms with E-state index in [0.717, 1.165) is 31.1 Å². The molecule has 1 aromatic heterocycles. The minimum absolute atomic E-state index is 0.455. The summed E-state index contributed by atoms with van der Waals surface area (Å²) in [5.74, 6) is 0.455. The first-order valence-corrected chi connectivity index (χ1v) is 7.47. The van der Waals surface area contributed by atoms with Gasteiger partial charge >= 0.3 is 0 Å². The van der Waals surface area contributed by atoms with Gasteiger partial charge in [-0.25, -0.2) is 4.68 Å². The lowest BCUT2D eigenvalue weighted by molar-refractivity contribution is 0.199. The third kappa shape index (κ3) is 4.16. The van der Waals surface area contributed by atoms with Crippen LogP contribution in [0.25, 0.3) is 5.69 Å². The Morgan fingerprint density at radius 3 is 2.71 bits per heavy atom. The van der Waals surface area contributed by atoms with Crippen molar-refractivity contribution in [2.24, 2.45) is 0 Å². The molecule has 2 aromatic rings. The van der Waals surface area contributed by atoms with Gasteiger partial charge in [0.2, 0.25) is 0 Å². The Kier molecular flexibility index (Phi) is 5.53. The number of aryl methyl sites for hydroxylation is 1. The highest BCUT2D eigenvalue weighted by Gasteiger charge is 2.06. The second kappa shape index (κ2) is 7.38. The first-order chi connectivity index (χ1) is 10.1. The predicted molar refractivity (Wildman–Crippen MR) is 86.0 cm³/mol. The average molecular weight is 287 g/mol. The van der Waals surface area contributed by atoms with Crippen molar-refractivity contribution in [3.05, 3.63) is 47.3 Å². The fourth-order valence-electron chi connectivity index (χ4n) is 2.21. The van der Waals surface area contributed by atoms with Crippen molar-refractivity contribution in [1.29, 1.82) is 0 Å². The maximum Gasteiger partial charge on any atom is 0.0654 e. The number of rotatable bonds is 7. The van der Waals surface area contributed by atoms with Gasteiger partial charge in [0.25, 0.3) is 0 Å². The summed E-state index contributed by atoms with van der Waals surface area (Å²) in [6.45, 7) is 8.94. The van der Waals surface area contributed by atoms with Crippen LogP contribution >= 0.6 is 0 Å². The molecular formula is C17H25N3O. The van der Waals surface area contributed by atoms with E-state index >= 15 is 0 Å². The van der Waals surface area contributed by atoms with Crippen molar-refractivity contribution in [1.82, 2.24) is 15.1 Å². The van der Waals surface area contributed by atoms with Crippen LogP contribution in [0.4, 0.5) is 0 Å². The van der Waals surface area contributed by atoms with E-state index in [4.69, 9.17) is 4.74 Å². The van der Waals surface area contributed by atoms with E-state index in [9.17, 15) is 0 Å². The summed E-state index contributed by atoms with van der Waals surface area (Å²) in [7, 11) is 1.72. The summed E-state index contributed by atoms with van der Waals surface area (Å²) in [4.78, 5) is 0. The van der Waals surface area contributed by atoms with E-state index in [2.05, 4.69) is 55.5 Å². The first kappa shape index (κ1) is 15.7. The summed E-state index contributed by atoms with van der Waals surface area (Å²) < 4.78 is 6.98. The third-order valence-corrected chi connectivity index (χ3v) is 3.59. The van der Waals surface area contributed by atoms with Crippen molar-refractivity contribution >= 4 is 0 Å². The van der Waals surface area contributed by atoms with Crippen molar-refractivity contribution in [2.45, 2.75) is 33.2 Å². The topological polar surface area (TPSA) is 39.1 Å². The third-order valence-electron chi connectivity index (χ3n) is 3.59. The van der Waals surface area contributed by atoms with Gasteiger partial charge in [-0.3, -0.25) is 0 Å². The molecule has 0 saturated heterocycles. The molecule has 4 nitrogen and oxygen atoms in total. The van der Waals surface area contributed by atoms with Gasteiger partial charge in [-0.2, -0.15) is 5.10 Å². The summed E-state index contributed by atoms with van der Waals surface area (Å²) in [5.41, 5.74) is 4.82. The highest BCUT2D eigenvalue weighted by Crippen LogP contribution is 2.17. The second-order valence-electron chi connectivity index (χ2n) is 5.62. The zero-order valence-corrected chi connectivity index (χ0v) is 13.4. The maximum atomic E-state index is 5.03. The molecule has 0 bridgehead atoms. The lowest BCUT2D eigenvalue weighted by atomic mass is 10.1. The molecule has 21 heavy (non-hydrogen) atoms. The predicted octanol–water partition coefficient (Wildman–Crippen LogP) is 3.04. The van der Waals surface area contributed by atoms with E-state index in [-0.39, 0.29) is 0 Å². The van der Waals surface area contributed by atoms with Gasteiger partial charge in [-0.1, -0.05) is 19.9 Å². The van der Waals surface area contributed by atoms with Crippen molar-refractivity contribution in [3.63, 3.8) is 0 Å². The van der Waals surface area contributed by atoms with E-state index < -0.39 is 0 Å². The Morgan fingerprint density at radius 1 is 1.29 bits per heavy atom. The van der Waals surface area contributed by atoms with E-state index in [1.165, 1.54) is 11.1 Å². The first-order valence-electron chi connectivity index (χ1n) is 7.47. The van der Waals surface area contributed by atoms with Crippen LogP contribution in [0.15, 0.2) is 30.5 Å². The molecule has 0 aliphatic heterocycles. The standard InChI is InChI=1S/C17H25N3O/c1-13(2)17-7-9-20(19-17)16-6-5-15(14(3)11-16)12-18-8-10-21-4/h5-7,9,11,13,18H,8,10,12H2,1-4H3. The van der Waals surface area contributed by atoms with Crippen LogP contribution in [0.3, 0.4) is 0 Å². The highest BCUT2D eigenvalue weighted by atomic mass is 16.5. The molecule has 0 aliphatic rings. The van der Waals surface area contributed by atoms with Crippen LogP contribution in [0.1, 0.15) is 36.6 Å². The molecule has 1 aromatic carbocycles. The number of methoxy groups -OCH3 is 1. The Balaban J connectivity index is 2.07. The van der Waals surface area contributed by atoms with Gasteiger partial charge < -0.3 is 10.1 Å². The lowest BCUT2D eigenvalue weighted by Crippen LogP contribution is -2.19. The van der Waals surface area contributed by atoms with E-state index in [0.29, 0.717) is 5.92 Å². The van der Waals surface area contributed by atoms with Gasteiger partial charge in [-0.15, -0.1) is 0 Å². The molecule has 2 rings (SSSR count). The Labute approximate surface area is 127 Å². The lowest BCUT2D eigenvalue weighted by Gasteiger charge is -2.10. The Hall–Kier alpha value is -1.65. The number of aromatic nitrogens is 2. The monoisotopic (exact) mass is 287 g/mol. The number of hydrogen-bond donors (Lipinski definition) is 1. The molecule has 0 saturated carbocycles. The summed E-state index contributed by atoms with van der Waals surface area (Å²) >= 11 is 0. The van der Waals surface area contributed by atoms with Crippen LogP contribution in [0.5, 0.6) is 0 Å². The molecule has 114 valence electrons. The molecule has 1 heterocycles. The van der Waals surface area contributed by atoms with Crippen molar-refractivity contribution in [2.75, 3.05) is 20.3 Å². The SMILES string of the molecule is COCCNCc1ccc(-n2ccc(C(C)C)n2)cc1C. The minimum atomic E-state index is 0.455. The maximum absolute atomic E-state index is 5.03. The molecule has 0 radical (unpaired) electrons. The summed E-state index contributed by atoms with van der Waals surface area (Å²) in [6, 6.07) is 8.56. The molecular weight excluding hydrogens is 262 g/mol. The Morgan fingerprint density at radius 2 is 2.10 bits per heavy atom. The van der Waals surface area contributed by atoms with Crippen LogP contribution in [-0.4, -0.2) is 30.0 Å². The molecule has 0 aliphatic carbocycles. The second-order valence-corrected chi connectivity index (χ2v) is 5.62. The molecule has 0 fully saturated rings. The van der Waals surface area contributed by atoms with Gasteiger partial charge in [-0.05, 0) is 42.2 Å². The molecule has 4 heteroatoms. The molecule has 0 amide bonds. The molecule has 0 unspecified atom stereocenters. The highest BCUT2D eigenvalue weighted by molar-refractivity contribution is 5.39.